The Morgan fingerprint density at radius 2 is 1.88 bits per heavy atom. The Morgan fingerprint density at radius 3 is 2.68 bits per heavy atom. The number of benzene rings is 2. The maximum absolute atomic E-state index is 12.2. The molecule has 0 unspecified atom stereocenters. The monoisotopic (exact) mass is 462 g/mol. The van der Waals surface area contributed by atoms with Crippen molar-refractivity contribution >= 4 is 22.5 Å². The van der Waals surface area contributed by atoms with E-state index in [2.05, 4.69) is 31.0 Å². The first-order valence-electron chi connectivity index (χ1n) is 11.2. The number of nitrogens with one attached hydrogen (secondary N) is 3. The second kappa shape index (κ2) is 11.1. The van der Waals surface area contributed by atoms with Crippen molar-refractivity contribution in [1.29, 1.82) is 0 Å². The molecular formula is C24H26N6O4. The lowest BCUT2D eigenvalue weighted by Gasteiger charge is -2.08. The highest BCUT2D eigenvalue weighted by atomic mass is 16.5. The number of hydrogen-bond acceptors (Lipinski definition) is 8. The summed E-state index contributed by atoms with van der Waals surface area (Å²) < 4.78 is 10.7. The molecule has 0 spiro atoms. The fraction of sp³-hybridized carbons (Fsp3) is 0.292. The predicted octanol–water partition coefficient (Wildman–Crippen LogP) is 2.92. The molecular weight excluding hydrogens is 436 g/mol. The third kappa shape index (κ3) is 5.77. The number of carbonyl (C=O) groups is 1. The Kier molecular flexibility index (Phi) is 7.49. The van der Waals surface area contributed by atoms with Gasteiger partial charge in [-0.25, -0.2) is 5.10 Å². The van der Waals surface area contributed by atoms with E-state index in [9.17, 15) is 9.59 Å². The first-order chi connectivity index (χ1) is 16.6. The van der Waals surface area contributed by atoms with E-state index in [0.29, 0.717) is 55.5 Å². The number of rotatable bonds is 11. The second-order valence-corrected chi connectivity index (χ2v) is 7.55. The number of nitrogens with zero attached hydrogens (tertiary/aromatic N) is 3. The Labute approximate surface area is 195 Å². The van der Waals surface area contributed by atoms with Gasteiger partial charge in [0.15, 0.2) is 5.82 Å². The van der Waals surface area contributed by atoms with Gasteiger partial charge in [-0.2, -0.15) is 10.1 Å². The van der Waals surface area contributed by atoms with Gasteiger partial charge < -0.3 is 19.9 Å². The molecule has 0 saturated carbocycles. The van der Waals surface area contributed by atoms with Gasteiger partial charge in [0.1, 0.15) is 5.75 Å². The van der Waals surface area contributed by atoms with Crippen molar-refractivity contribution in [2.75, 3.05) is 25.0 Å². The average molecular weight is 463 g/mol. The molecule has 4 aromatic rings. The molecule has 0 radical (unpaired) electrons. The van der Waals surface area contributed by atoms with Crippen molar-refractivity contribution in [3.8, 4) is 17.1 Å². The van der Waals surface area contributed by atoms with E-state index in [0.717, 1.165) is 16.7 Å². The molecule has 34 heavy (non-hydrogen) atoms. The topological polar surface area (TPSA) is 135 Å². The van der Waals surface area contributed by atoms with Crippen LogP contribution in [0.15, 0.2) is 57.8 Å². The summed E-state index contributed by atoms with van der Waals surface area (Å²) in [5.74, 6) is 2.20. The van der Waals surface area contributed by atoms with Gasteiger partial charge in [-0.05, 0) is 43.7 Å². The average Bonchev–Trinajstić information content (AvgIpc) is 3.34. The van der Waals surface area contributed by atoms with Crippen LogP contribution in [-0.2, 0) is 11.2 Å². The summed E-state index contributed by atoms with van der Waals surface area (Å²) in [5, 5.41) is 18.0. The van der Waals surface area contributed by atoms with E-state index < -0.39 is 0 Å². The van der Waals surface area contributed by atoms with Gasteiger partial charge in [0.05, 0.1) is 12.0 Å². The van der Waals surface area contributed by atoms with Gasteiger partial charge in [0, 0.05) is 36.9 Å². The zero-order valence-corrected chi connectivity index (χ0v) is 18.8. The van der Waals surface area contributed by atoms with Crippen molar-refractivity contribution in [2.45, 2.75) is 26.2 Å². The third-order valence-corrected chi connectivity index (χ3v) is 5.12. The highest BCUT2D eigenvalue weighted by Crippen LogP contribution is 2.20. The van der Waals surface area contributed by atoms with Crippen molar-refractivity contribution in [2.24, 2.45) is 0 Å². The summed E-state index contributed by atoms with van der Waals surface area (Å²) >= 11 is 0. The largest absolute Gasteiger partial charge is 0.494 e. The van der Waals surface area contributed by atoms with Gasteiger partial charge in [0.25, 0.3) is 5.56 Å². The Balaban J connectivity index is 1.18. The summed E-state index contributed by atoms with van der Waals surface area (Å²) in [5.41, 5.74) is 0.599. The molecule has 1 amide bonds. The minimum atomic E-state index is -0.221. The molecule has 0 saturated heterocycles. The molecule has 176 valence electrons. The quantitative estimate of drug-likeness (QED) is 0.290. The van der Waals surface area contributed by atoms with Gasteiger partial charge in [-0.3, -0.25) is 9.59 Å². The Hall–Kier alpha value is -4.21. The van der Waals surface area contributed by atoms with Crippen LogP contribution in [0.5, 0.6) is 5.75 Å². The summed E-state index contributed by atoms with van der Waals surface area (Å²) in [6.07, 6.45) is 1.31. The van der Waals surface area contributed by atoms with E-state index in [1.807, 2.05) is 49.4 Å². The number of amides is 1. The lowest BCUT2D eigenvalue weighted by atomic mass is 10.2. The molecule has 0 bridgehead atoms. The molecule has 0 fully saturated rings. The molecule has 0 atom stereocenters. The normalized spacial score (nSPS) is 10.9. The molecule has 2 aromatic carbocycles. The summed E-state index contributed by atoms with van der Waals surface area (Å²) in [6.45, 7) is 3.64. The zero-order valence-electron chi connectivity index (χ0n) is 18.8. The number of aromatic amines is 1. The number of H-pyrrole nitrogens is 1. The van der Waals surface area contributed by atoms with Crippen LogP contribution in [0, 0.1) is 0 Å². The molecule has 10 nitrogen and oxygen atoms in total. The van der Waals surface area contributed by atoms with E-state index in [-0.39, 0.29) is 17.9 Å². The zero-order chi connectivity index (χ0) is 23.8. The van der Waals surface area contributed by atoms with E-state index in [1.165, 1.54) is 0 Å². The number of hydrogen-bond donors (Lipinski definition) is 3. The highest BCUT2D eigenvalue weighted by Gasteiger charge is 2.11. The first kappa shape index (κ1) is 23.0. The highest BCUT2D eigenvalue weighted by molar-refractivity contribution is 5.90. The number of carbonyl (C=O) groups excluding carboxylic acids is 1. The predicted molar refractivity (Wildman–Crippen MR) is 128 cm³/mol. The van der Waals surface area contributed by atoms with Crippen LogP contribution in [0.1, 0.15) is 25.7 Å². The standard InChI is InChI=1S/C24H26N6O4/c1-2-33-17-10-8-16(9-11-17)22-27-21(34-30-22)13-12-20(31)25-14-5-15-26-23-18-6-3-4-7-19(18)24(32)29-28-23/h3-4,6-11H,2,5,12-15H2,1H3,(H,25,31)(H,26,28)(H,29,32). The van der Waals surface area contributed by atoms with E-state index in [1.54, 1.807) is 6.07 Å². The van der Waals surface area contributed by atoms with Crippen LogP contribution >= 0.6 is 0 Å². The summed E-state index contributed by atoms with van der Waals surface area (Å²) in [6, 6.07) is 14.7. The van der Waals surface area contributed by atoms with Crippen LogP contribution in [-0.4, -0.2) is 45.9 Å². The minimum Gasteiger partial charge on any atom is -0.494 e. The molecule has 2 heterocycles. The first-order valence-corrected chi connectivity index (χ1v) is 11.2. The molecule has 0 aliphatic heterocycles. The molecule has 0 aliphatic carbocycles. The molecule has 0 aliphatic rings. The Bertz CT molecular complexity index is 1300. The third-order valence-electron chi connectivity index (χ3n) is 5.12. The lowest BCUT2D eigenvalue weighted by Crippen LogP contribution is -2.26. The molecule has 3 N–H and O–H groups in total. The maximum Gasteiger partial charge on any atom is 0.272 e. The van der Waals surface area contributed by atoms with Gasteiger partial charge in [-0.1, -0.05) is 23.4 Å². The number of anilines is 1. The van der Waals surface area contributed by atoms with Crippen LogP contribution in [0.3, 0.4) is 0 Å². The Morgan fingerprint density at radius 1 is 1.09 bits per heavy atom. The lowest BCUT2D eigenvalue weighted by molar-refractivity contribution is -0.121. The number of aromatic nitrogens is 4. The second-order valence-electron chi connectivity index (χ2n) is 7.55. The molecule has 2 aromatic heterocycles. The van der Waals surface area contributed by atoms with Crippen molar-refractivity contribution < 1.29 is 14.1 Å². The van der Waals surface area contributed by atoms with Crippen molar-refractivity contribution in [3.63, 3.8) is 0 Å². The van der Waals surface area contributed by atoms with E-state index in [4.69, 9.17) is 9.26 Å². The van der Waals surface area contributed by atoms with E-state index >= 15 is 0 Å². The number of fused-ring (bicyclic) bond motifs is 1. The molecule has 4 rings (SSSR count). The summed E-state index contributed by atoms with van der Waals surface area (Å²) in [7, 11) is 0. The number of aryl methyl sites for hydroxylation is 1. The van der Waals surface area contributed by atoms with Gasteiger partial charge >= 0.3 is 0 Å². The minimum absolute atomic E-state index is 0.0894. The summed E-state index contributed by atoms with van der Waals surface area (Å²) in [4.78, 5) is 28.4. The van der Waals surface area contributed by atoms with Crippen LogP contribution in [0.2, 0.25) is 0 Å². The SMILES string of the molecule is CCOc1ccc(-c2noc(CCC(=O)NCCCNc3n[nH]c(=O)c4ccccc34)n2)cc1. The maximum atomic E-state index is 12.2. The van der Waals surface area contributed by atoms with Crippen molar-refractivity contribution in [1.82, 2.24) is 25.7 Å². The van der Waals surface area contributed by atoms with Gasteiger partial charge in [0.2, 0.25) is 17.6 Å². The smallest absolute Gasteiger partial charge is 0.272 e. The van der Waals surface area contributed by atoms with Crippen LogP contribution in [0.4, 0.5) is 5.82 Å². The van der Waals surface area contributed by atoms with Crippen LogP contribution in [0.25, 0.3) is 22.2 Å². The number of ether oxygens (including phenoxy) is 1. The van der Waals surface area contributed by atoms with Gasteiger partial charge in [-0.15, -0.1) is 0 Å². The van der Waals surface area contributed by atoms with Crippen molar-refractivity contribution in [3.05, 3.63) is 64.8 Å². The molecule has 10 heteroatoms. The van der Waals surface area contributed by atoms with Crippen LogP contribution < -0.4 is 20.9 Å². The fourth-order valence-corrected chi connectivity index (χ4v) is 3.42. The fourth-order valence-electron chi connectivity index (χ4n) is 3.42.